The van der Waals surface area contributed by atoms with Gasteiger partial charge in [0, 0.05) is 24.4 Å². The number of carbonyl (C=O) groups is 1. The Labute approximate surface area is 161 Å². The zero-order valence-electron chi connectivity index (χ0n) is 16.0. The summed E-state index contributed by atoms with van der Waals surface area (Å²) in [5.41, 5.74) is 1.37. The molecule has 5 nitrogen and oxygen atoms in total. The van der Waals surface area contributed by atoms with E-state index < -0.39 is 0 Å². The Hall–Kier alpha value is -1.59. The standard InChI is InChI=1S/C22H29N3O2/c1-27-15-4-2-13(3-5-15)18-12-25(22(26)19-16-10-23-11-17(16)19)20-14-6-8-24(9-7-14)21(18)20/h2-5,14,16-21,23H,6-12H2,1H3/t16-,17+,18-,19?,20+,21+/m0/s1. The van der Waals surface area contributed by atoms with Gasteiger partial charge in [-0.05, 0) is 74.5 Å². The maximum atomic E-state index is 13.5. The highest BCUT2D eigenvalue weighted by molar-refractivity contribution is 5.83. The van der Waals surface area contributed by atoms with Crippen molar-refractivity contribution < 1.29 is 9.53 Å². The fourth-order valence-electron chi connectivity index (χ4n) is 6.79. The third-order valence-corrected chi connectivity index (χ3v) is 8.20. The molecular weight excluding hydrogens is 338 g/mol. The van der Waals surface area contributed by atoms with E-state index in [1.807, 2.05) is 0 Å². The van der Waals surface area contributed by atoms with Crippen LogP contribution in [0.5, 0.6) is 5.75 Å². The number of amides is 1. The Bertz CT molecular complexity index is 732. The van der Waals surface area contributed by atoms with Crippen molar-refractivity contribution in [3.05, 3.63) is 29.8 Å². The van der Waals surface area contributed by atoms with E-state index in [-0.39, 0.29) is 0 Å². The molecule has 27 heavy (non-hydrogen) atoms. The van der Waals surface area contributed by atoms with Crippen molar-refractivity contribution in [3.63, 3.8) is 0 Å². The lowest BCUT2D eigenvalue weighted by molar-refractivity contribution is -0.138. The van der Waals surface area contributed by atoms with Crippen LogP contribution in [-0.2, 0) is 4.79 Å². The second-order valence-electron chi connectivity index (χ2n) is 9.24. The van der Waals surface area contributed by atoms with Crippen LogP contribution >= 0.6 is 0 Å². The van der Waals surface area contributed by atoms with Gasteiger partial charge >= 0.3 is 0 Å². The fourth-order valence-corrected chi connectivity index (χ4v) is 6.79. The first-order valence-electron chi connectivity index (χ1n) is 10.7. The molecule has 1 aromatic carbocycles. The van der Waals surface area contributed by atoms with Gasteiger partial charge in [-0.3, -0.25) is 9.69 Å². The van der Waals surface area contributed by atoms with E-state index in [0.29, 0.717) is 47.6 Å². The molecule has 6 fully saturated rings. The average molecular weight is 367 g/mol. The molecule has 0 aromatic heterocycles. The molecule has 0 spiro atoms. The van der Waals surface area contributed by atoms with Crippen molar-refractivity contribution in [2.24, 2.45) is 23.7 Å². The molecule has 1 N–H and O–H groups in total. The molecule has 5 heteroatoms. The summed E-state index contributed by atoms with van der Waals surface area (Å²) in [6, 6.07) is 9.51. The highest BCUT2D eigenvalue weighted by Gasteiger charge is 2.62. The summed E-state index contributed by atoms with van der Waals surface area (Å²) >= 11 is 0. The summed E-state index contributed by atoms with van der Waals surface area (Å²) < 4.78 is 5.35. The van der Waals surface area contributed by atoms with Gasteiger partial charge in [-0.2, -0.15) is 0 Å². The van der Waals surface area contributed by atoms with Gasteiger partial charge in [-0.1, -0.05) is 12.1 Å². The number of ether oxygens (including phenoxy) is 1. The Morgan fingerprint density at radius 2 is 1.78 bits per heavy atom. The molecule has 2 bridgehead atoms. The van der Waals surface area contributed by atoms with Gasteiger partial charge in [0.2, 0.25) is 5.91 Å². The Kier molecular flexibility index (Phi) is 3.61. The van der Waals surface area contributed by atoms with E-state index in [0.717, 1.165) is 25.4 Å². The number of hydrogen-bond acceptors (Lipinski definition) is 4. The third-order valence-electron chi connectivity index (χ3n) is 8.20. The summed E-state index contributed by atoms with van der Waals surface area (Å²) in [6.07, 6.45) is 2.53. The van der Waals surface area contributed by atoms with Crippen LogP contribution in [0.3, 0.4) is 0 Å². The van der Waals surface area contributed by atoms with E-state index in [1.165, 1.54) is 31.5 Å². The maximum Gasteiger partial charge on any atom is 0.226 e. The lowest BCUT2D eigenvalue weighted by atomic mass is 9.75. The normalized spacial score (nSPS) is 44.1. The summed E-state index contributed by atoms with van der Waals surface area (Å²) in [7, 11) is 1.72. The number of carbonyl (C=O) groups excluding carboxylic acids is 1. The van der Waals surface area contributed by atoms with Crippen LogP contribution in [0.25, 0.3) is 0 Å². The quantitative estimate of drug-likeness (QED) is 0.881. The molecule has 1 aliphatic carbocycles. The van der Waals surface area contributed by atoms with Crippen LogP contribution in [-0.4, -0.2) is 67.6 Å². The molecule has 1 unspecified atom stereocenters. The fraction of sp³-hybridized carbons (Fsp3) is 0.682. The van der Waals surface area contributed by atoms with Gasteiger partial charge in [0.1, 0.15) is 5.75 Å². The summed E-state index contributed by atoms with van der Waals surface area (Å²) in [5, 5.41) is 3.44. The Balaban J connectivity index is 1.32. The monoisotopic (exact) mass is 367 g/mol. The number of fused-ring (bicyclic) bond motifs is 3. The first-order chi connectivity index (χ1) is 13.3. The number of likely N-dealkylation sites (tertiary alicyclic amines) is 1. The van der Waals surface area contributed by atoms with Gasteiger partial charge < -0.3 is 15.0 Å². The molecule has 0 radical (unpaired) electrons. The van der Waals surface area contributed by atoms with E-state index in [1.54, 1.807) is 7.11 Å². The van der Waals surface area contributed by atoms with E-state index >= 15 is 0 Å². The number of methoxy groups -OCH3 is 1. The molecule has 144 valence electrons. The minimum absolute atomic E-state index is 0.303. The first-order valence-corrected chi connectivity index (χ1v) is 10.7. The molecule has 1 amide bonds. The minimum atomic E-state index is 0.303. The number of nitrogens with zero attached hydrogens (tertiary/aromatic N) is 2. The molecule has 1 saturated carbocycles. The Morgan fingerprint density at radius 3 is 2.44 bits per heavy atom. The van der Waals surface area contributed by atoms with Gasteiger partial charge in [-0.15, -0.1) is 0 Å². The lowest BCUT2D eigenvalue weighted by Crippen LogP contribution is -2.61. The van der Waals surface area contributed by atoms with Crippen molar-refractivity contribution in [2.45, 2.75) is 30.8 Å². The molecular formula is C22H29N3O2. The van der Waals surface area contributed by atoms with Crippen LogP contribution in [0, 0.1) is 23.7 Å². The second kappa shape index (κ2) is 5.95. The molecule has 5 aliphatic heterocycles. The van der Waals surface area contributed by atoms with Gasteiger partial charge in [0.25, 0.3) is 0 Å². The van der Waals surface area contributed by atoms with Crippen LogP contribution in [0.1, 0.15) is 24.3 Å². The van der Waals surface area contributed by atoms with Gasteiger partial charge in [-0.25, -0.2) is 0 Å². The second-order valence-corrected chi connectivity index (χ2v) is 9.24. The average Bonchev–Trinajstić information content (AvgIpc) is 3.08. The number of benzene rings is 1. The molecule has 1 aromatic rings. The lowest BCUT2D eigenvalue weighted by Gasteiger charge is -2.51. The van der Waals surface area contributed by atoms with E-state index in [4.69, 9.17) is 4.74 Å². The van der Waals surface area contributed by atoms with Crippen molar-refractivity contribution >= 4 is 5.91 Å². The number of rotatable bonds is 3. The predicted octanol–water partition coefficient (Wildman–Crippen LogP) is 1.55. The van der Waals surface area contributed by atoms with E-state index in [2.05, 4.69) is 39.4 Å². The largest absolute Gasteiger partial charge is 0.497 e. The first kappa shape index (κ1) is 16.4. The molecule has 6 aliphatic rings. The highest BCUT2D eigenvalue weighted by Crippen LogP contribution is 2.53. The number of hydrogen-bond donors (Lipinski definition) is 1. The SMILES string of the molecule is COc1ccc([C@@H]2CN(C(=O)C3[C@H]4CNC[C@@H]34)[C@@H]3C4CCN(CC4)[C@@H]32)cc1. The number of nitrogens with one attached hydrogen (secondary N) is 1. The van der Waals surface area contributed by atoms with E-state index in [9.17, 15) is 4.79 Å². The van der Waals surface area contributed by atoms with Crippen LogP contribution in [0.4, 0.5) is 0 Å². The molecule has 6 atom stereocenters. The van der Waals surface area contributed by atoms with Crippen LogP contribution in [0.2, 0.25) is 0 Å². The van der Waals surface area contributed by atoms with Crippen molar-refractivity contribution in [1.82, 2.24) is 15.1 Å². The Morgan fingerprint density at radius 1 is 1.07 bits per heavy atom. The minimum Gasteiger partial charge on any atom is -0.497 e. The van der Waals surface area contributed by atoms with Crippen molar-refractivity contribution in [3.8, 4) is 5.75 Å². The topological polar surface area (TPSA) is 44.8 Å². The summed E-state index contributed by atoms with van der Waals surface area (Å²) in [5.74, 6) is 4.02. The molecule has 5 saturated heterocycles. The molecule has 7 rings (SSSR count). The van der Waals surface area contributed by atoms with Crippen LogP contribution < -0.4 is 10.1 Å². The molecule has 5 heterocycles. The summed E-state index contributed by atoms with van der Waals surface area (Å²) in [4.78, 5) is 18.5. The highest BCUT2D eigenvalue weighted by atomic mass is 16.5. The smallest absolute Gasteiger partial charge is 0.226 e. The maximum absolute atomic E-state index is 13.5. The van der Waals surface area contributed by atoms with Crippen molar-refractivity contribution in [2.75, 3.05) is 39.8 Å². The zero-order chi connectivity index (χ0) is 18.1. The summed E-state index contributed by atoms with van der Waals surface area (Å²) in [6.45, 7) is 5.40. The predicted molar refractivity (Wildman–Crippen MR) is 103 cm³/mol. The van der Waals surface area contributed by atoms with Crippen LogP contribution in [0.15, 0.2) is 24.3 Å². The van der Waals surface area contributed by atoms with Gasteiger partial charge in [0.05, 0.1) is 13.2 Å². The zero-order valence-corrected chi connectivity index (χ0v) is 16.0. The number of piperidine rings is 4. The van der Waals surface area contributed by atoms with Gasteiger partial charge in [0.15, 0.2) is 0 Å². The van der Waals surface area contributed by atoms with Crippen molar-refractivity contribution in [1.29, 1.82) is 0 Å². The third kappa shape index (κ3) is 2.34.